The van der Waals surface area contributed by atoms with Crippen molar-refractivity contribution < 1.29 is 0 Å². The van der Waals surface area contributed by atoms with E-state index < -0.39 is 13.5 Å². The van der Waals surface area contributed by atoms with Crippen LogP contribution < -0.4 is 20.7 Å². The molecule has 0 saturated heterocycles. The van der Waals surface area contributed by atoms with Crippen LogP contribution >= 0.6 is 0 Å². The fraction of sp³-hybridized carbons (Fsp3) is 0.0161. The zero-order valence-electron chi connectivity index (χ0n) is 35.9. The molecule has 0 fully saturated rings. The van der Waals surface area contributed by atoms with E-state index in [0.717, 1.165) is 44.2 Å². The predicted molar refractivity (Wildman–Crippen MR) is 274 cm³/mol. The van der Waals surface area contributed by atoms with Crippen LogP contribution in [0.25, 0.3) is 66.1 Å². The van der Waals surface area contributed by atoms with Crippen LogP contribution in [0.5, 0.6) is 0 Å². The highest BCUT2D eigenvalue weighted by molar-refractivity contribution is 7.20. The molecule has 14 rings (SSSR count). The largest absolute Gasteiger partial charge is 0.309 e. The van der Waals surface area contributed by atoms with Crippen LogP contribution in [0.1, 0.15) is 27.8 Å². The molecule has 0 atom stereocenters. The summed E-state index contributed by atoms with van der Waals surface area (Å²) < 4.78 is 4.90. The van der Waals surface area contributed by atoms with Crippen LogP contribution in [0.4, 0.5) is 0 Å². The van der Waals surface area contributed by atoms with E-state index >= 15 is 0 Å². The van der Waals surface area contributed by atoms with Gasteiger partial charge in [-0.05, 0) is 109 Å². The first-order valence-corrected chi connectivity index (χ1v) is 24.7. The maximum atomic E-state index is 9.94. The minimum atomic E-state index is -2.96. The highest BCUT2D eigenvalue weighted by atomic mass is 28.3. The molecule has 1 aliphatic carbocycles. The summed E-state index contributed by atoms with van der Waals surface area (Å²) in [5.74, 6) is 0. The van der Waals surface area contributed by atoms with Gasteiger partial charge >= 0.3 is 0 Å². The Kier molecular flexibility index (Phi) is 7.70. The lowest BCUT2D eigenvalue weighted by Crippen LogP contribution is -2.79. The van der Waals surface area contributed by atoms with Crippen LogP contribution in [0.3, 0.4) is 0 Å². The first-order valence-electron chi connectivity index (χ1n) is 22.7. The van der Waals surface area contributed by atoms with E-state index in [2.05, 4.69) is 240 Å². The molecule has 3 heterocycles. The Morgan fingerprint density at radius 1 is 0.379 bits per heavy atom. The van der Waals surface area contributed by atoms with Crippen LogP contribution in [0.15, 0.2) is 237 Å². The van der Waals surface area contributed by atoms with Gasteiger partial charge in [-0.15, -0.1) is 0 Å². The second-order valence-electron chi connectivity index (χ2n) is 17.8. The zero-order chi connectivity index (χ0) is 43.6. The molecule has 10 aromatic carbocycles. The third-order valence-corrected chi connectivity index (χ3v) is 19.8. The fourth-order valence-corrected chi connectivity index (χ4v) is 17.8. The first kappa shape index (κ1) is 36.9. The van der Waals surface area contributed by atoms with E-state index in [-0.39, 0.29) is 0 Å². The number of hydrogen-bond donors (Lipinski definition) is 0. The Balaban J connectivity index is 1.13. The Labute approximate surface area is 383 Å². The summed E-state index contributed by atoms with van der Waals surface area (Å²) in [7, 11) is -2.96. The van der Waals surface area contributed by atoms with Gasteiger partial charge < -0.3 is 9.13 Å². The number of para-hydroxylation sites is 2. The minimum absolute atomic E-state index is 0.579. The van der Waals surface area contributed by atoms with E-state index in [1.807, 2.05) is 12.1 Å². The second kappa shape index (κ2) is 13.8. The van der Waals surface area contributed by atoms with Crippen molar-refractivity contribution in [3.05, 3.63) is 264 Å². The maximum Gasteiger partial charge on any atom is 0.180 e. The maximum absolute atomic E-state index is 9.94. The third kappa shape index (κ3) is 4.64. The Hall–Kier alpha value is -8.49. The van der Waals surface area contributed by atoms with Gasteiger partial charge in [-0.3, -0.25) is 0 Å². The van der Waals surface area contributed by atoms with E-state index in [4.69, 9.17) is 0 Å². The molecule has 306 valence electrons. The Morgan fingerprint density at radius 3 is 1.62 bits per heavy atom. The molecule has 3 nitrogen and oxygen atoms in total. The molecular weight excluding hydrogens is 815 g/mol. The van der Waals surface area contributed by atoms with Gasteiger partial charge in [0.1, 0.15) is 0 Å². The molecule has 12 aromatic rings. The zero-order valence-corrected chi connectivity index (χ0v) is 36.9. The molecule has 0 amide bonds. The van der Waals surface area contributed by atoms with E-state index in [9.17, 15) is 5.26 Å². The Bertz CT molecular complexity index is 3930. The van der Waals surface area contributed by atoms with Crippen LogP contribution in [0.2, 0.25) is 0 Å². The topological polar surface area (TPSA) is 33.6 Å². The van der Waals surface area contributed by atoms with Gasteiger partial charge in [0.05, 0.1) is 44.8 Å². The Morgan fingerprint density at radius 2 is 0.924 bits per heavy atom. The highest BCUT2D eigenvalue weighted by Crippen LogP contribution is 2.57. The molecule has 4 heteroatoms. The number of nitriles is 1. The average Bonchev–Trinajstić information content (AvgIpc) is 4.01. The predicted octanol–water partition coefficient (Wildman–Crippen LogP) is 11.8. The summed E-state index contributed by atoms with van der Waals surface area (Å²) in [5, 5.41) is 20.1. The molecule has 1 spiro atoms. The lowest BCUT2D eigenvalue weighted by atomic mass is 9.67. The SMILES string of the molecule is N#Cc1ccc2c(c1)c1ccccc1n2-c1cccc2c1c1ccccc1n2-c1ccc2c(c1)C1(c3ccccc3-c3ccccc31)c1ccccc1[Si]2(c1ccccc1)c1ccccc1. The van der Waals surface area contributed by atoms with Gasteiger partial charge in [-0.1, -0.05) is 182 Å². The van der Waals surface area contributed by atoms with Crippen molar-refractivity contribution in [2.75, 3.05) is 0 Å². The summed E-state index contributed by atoms with van der Waals surface area (Å²) >= 11 is 0. The summed E-state index contributed by atoms with van der Waals surface area (Å²) in [6.07, 6.45) is 0. The van der Waals surface area contributed by atoms with Crippen molar-refractivity contribution in [2.45, 2.75) is 5.41 Å². The van der Waals surface area contributed by atoms with Gasteiger partial charge in [0.15, 0.2) is 8.07 Å². The van der Waals surface area contributed by atoms with E-state index in [0.29, 0.717) is 5.56 Å². The molecular formula is C62H39N3Si. The van der Waals surface area contributed by atoms with Gasteiger partial charge in [0.2, 0.25) is 0 Å². The van der Waals surface area contributed by atoms with Crippen LogP contribution in [-0.2, 0) is 5.41 Å². The van der Waals surface area contributed by atoms with Crippen molar-refractivity contribution in [1.82, 2.24) is 9.13 Å². The first-order chi connectivity index (χ1) is 32.7. The van der Waals surface area contributed by atoms with E-state index in [1.165, 1.54) is 64.9 Å². The minimum Gasteiger partial charge on any atom is -0.309 e. The number of fused-ring (bicyclic) bond motifs is 15. The molecule has 0 radical (unpaired) electrons. The number of benzene rings is 10. The fourth-order valence-electron chi connectivity index (χ4n) is 12.5. The van der Waals surface area contributed by atoms with Gasteiger partial charge in [0, 0.05) is 27.2 Å². The summed E-state index contributed by atoms with van der Waals surface area (Å²) in [6.45, 7) is 0. The van der Waals surface area contributed by atoms with Crippen LogP contribution in [0, 0.1) is 11.3 Å². The molecule has 2 aromatic heterocycles. The van der Waals surface area contributed by atoms with Gasteiger partial charge in [-0.25, -0.2) is 0 Å². The van der Waals surface area contributed by atoms with Gasteiger partial charge in [-0.2, -0.15) is 5.26 Å². The lowest BCUT2D eigenvalue weighted by molar-refractivity contribution is 0.773. The molecule has 1 aliphatic heterocycles. The van der Waals surface area contributed by atoms with Crippen molar-refractivity contribution in [3.63, 3.8) is 0 Å². The molecule has 0 bridgehead atoms. The summed E-state index contributed by atoms with van der Waals surface area (Å²) in [6, 6.07) is 90.6. The van der Waals surface area contributed by atoms with Crippen molar-refractivity contribution >= 4 is 72.4 Å². The van der Waals surface area contributed by atoms with Crippen molar-refractivity contribution in [1.29, 1.82) is 5.26 Å². The quantitative estimate of drug-likeness (QED) is 0.162. The average molecular weight is 854 g/mol. The number of nitrogens with zero attached hydrogens (tertiary/aromatic N) is 3. The smallest absolute Gasteiger partial charge is 0.180 e. The normalized spacial score (nSPS) is 14.0. The highest BCUT2D eigenvalue weighted by Gasteiger charge is 2.57. The molecule has 66 heavy (non-hydrogen) atoms. The van der Waals surface area contributed by atoms with Crippen molar-refractivity contribution in [2.24, 2.45) is 0 Å². The second-order valence-corrected chi connectivity index (χ2v) is 21.6. The lowest BCUT2D eigenvalue weighted by Gasteiger charge is -2.49. The van der Waals surface area contributed by atoms with Gasteiger partial charge in [0.25, 0.3) is 0 Å². The number of hydrogen-bond acceptors (Lipinski definition) is 1. The standard InChI is InChI=1S/C62H39N3Si/c63-40-41-34-36-56-49(38-41)47-24-9-14-29-54(47)65(56)58-32-17-31-57-61(58)48-25-10-15-30-55(48)64(57)42-35-37-60-53(39-42)62(50-26-11-7-22-45(50)46-23-8-12-27-51(46)62)52-28-13-16-33-59(52)66(60,43-18-3-1-4-19-43)44-20-5-2-6-21-44/h1-39H. The molecule has 0 saturated carbocycles. The number of rotatable bonds is 4. The van der Waals surface area contributed by atoms with Crippen LogP contribution in [-0.4, -0.2) is 17.2 Å². The summed E-state index contributed by atoms with van der Waals surface area (Å²) in [5.41, 5.74) is 14.8. The molecule has 0 N–H and O–H groups in total. The molecule has 2 aliphatic rings. The molecule has 0 unspecified atom stereocenters. The third-order valence-electron chi connectivity index (χ3n) is 14.9. The summed E-state index contributed by atoms with van der Waals surface area (Å²) in [4.78, 5) is 0. The van der Waals surface area contributed by atoms with Crippen molar-refractivity contribution in [3.8, 4) is 28.6 Å². The van der Waals surface area contributed by atoms with E-state index in [1.54, 1.807) is 0 Å². The monoisotopic (exact) mass is 853 g/mol. The number of aromatic nitrogens is 2.